The average molecular weight is 238 g/mol. The van der Waals surface area contributed by atoms with Gasteiger partial charge in [-0.25, -0.2) is 0 Å². The van der Waals surface area contributed by atoms with Crippen LogP contribution in [0.15, 0.2) is 23.1 Å². The largest absolute Gasteiger partial charge is 0.481 e. The predicted octanol–water partition coefficient (Wildman–Crippen LogP) is 1.98. The summed E-state index contributed by atoms with van der Waals surface area (Å²) in [6, 6.07) is 5.71. The number of thioether (sulfide) groups is 1. The molecule has 0 radical (unpaired) electrons. The van der Waals surface area contributed by atoms with Crippen molar-refractivity contribution in [3.8, 4) is 11.5 Å². The van der Waals surface area contributed by atoms with Crippen molar-refractivity contribution in [2.75, 3.05) is 6.79 Å². The van der Waals surface area contributed by atoms with Gasteiger partial charge in [0.1, 0.15) is 0 Å². The van der Waals surface area contributed by atoms with E-state index in [-0.39, 0.29) is 18.0 Å². The van der Waals surface area contributed by atoms with Crippen molar-refractivity contribution in [1.82, 2.24) is 0 Å². The summed E-state index contributed by atoms with van der Waals surface area (Å²) < 4.78 is 10.5. The molecule has 0 spiro atoms. The molecule has 1 N–H and O–H groups in total. The van der Waals surface area contributed by atoms with E-state index in [1.54, 1.807) is 11.8 Å². The van der Waals surface area contributed by atoms with Gasteiger partial charge in [0.2, 0.25) is 6.79 Å². The number of benzene rings is 1. The Kier molecular flexibility index (Phi) is 2.21. The number of hydrogen-bond donors (Lipinski definition) is 1. The lowest BCUT2D eigenvalue weighted by atomic mass is 10.3. The maximum atomic E-state index is 10.7. The minimum Gasteiger partial charge on any atom is -0.481 e. The second-order valence-electron chi connectivity index (χ2n) is 3.85. The van der Waals surface area contributed by atoms with E-state index in [4.69, 9.17) is 14.6 Å². The molecular weight excluding hydrogens is 228 g/mol. The van der Waals surface area contributed by atoms with Gasteiger partial charge in [-0.3, -0.25) is 4.79 Å². The zero-order chi connectivity index (χ0) is 11.1. The van der Waals surface area contributed by atoms with Crippen molar-refractivity contribution in [2.45, 2.75) is 16.6 Å². The second kappa shape index (κ2) is 3.59. The Morgan fingerprint density at radius 2 is 2.19 bits per heavy atom. The van der Waals surface area contributed by atoms with Crippen LogP contribution in [-0.2, 0) is 4.79 Å². The van der Waals surface area contributed by atoms with Crippen LogP contribution in [-0.4, -0.2) is 23.1 Å². The van der Waals surface area contributed by atoms with Crippen LogP contribution in [0.1, 0.15) is 6.42 Å². The number of ether oxygens (including phenoxy) is 2. The van der Waals surface area contributed by atoms with Crippen molar-refractivity contribution in [2.24, 2.45) is 5.92 Å². The van der Waals surface area contributed by atoms with Crippen molar-refractivity contribution in [3.63, 3.8) is 0 Å². The van der Waals surface area contributed by atoms with Crippen LogP contribution in [0.25, 0.3) is 0 Å². The highest BCUT2D eigenvalue weighted by Gasteiger charge is 2.44. The first-order chi connectivity index (χ1) is 7.74. The van der Waals surface area contributed by atoms with E-state index in [0.29, 0.717) is 0 Å². The summed E-state index contributed by atoms with van der Waals surface area (Å²) in [6.45, 7) is 0.268. The van der Waals surface area contributed by atoms with Crippen molar-refractivity contribution >= 4 is 17.7 Å². The number of carboxylic acid groups (broad SMARTS) is 1. The first-order valence-electron chi connectivity index (χ1n) is 5.03. The fraction of sp³-hybridized carbons (Fsp3) is 0.364. The van der Waals surface area contributed by atoms with E-state index in [0.717, 1.165) is 22.8 Å². The molecule has 1 heterocycles. The maximum Gasteiger partial charge on any atom is 0.307 e. The first kappa shape index (κ1) is 9.84. The SMILES string of the molecule is O=C(O)C1CC1Sc1ccc2c(c1)OCO2. The molecule has 1 aromatic rings. The summed E-state index contributed by atoms with van der Waals surface area (Å²) in [6.07, 6.45) is 0.758. The molecule has 2 atom stereocenters. The van der Waals surface area contributed by atoms with Crippen LogP contribution < -0.4 is 9.47 Å². The zero-order valence-corrected chi connectivity index (χ0v) is 9.20. The fourth-order valence-electron chi connectivity index (χ4n) is 1.69. The molecule has 2 aliphatic rings. The molecule has 2 unspecified atom stereocenters. The summed E-state index contributed by atoms with van der Waals surface area (Å²) in [5.41, 5.74) is 0. The van der Waals surface area contributed by atoms with Crippen LogP contribution in [0, 0.1) is 5.92 Å². The highest BCUT2D eigenvalue weighted by molar-refractivity contribution is 8.00. The minimum atomic E-state index is -0.696. The van der Waals surface area contributed by atoms with Gasteiger partial charge in [-0.2, -0.15) is 0 Å². The Bertz CT molecular complexity index is 446. The number of fused-ring (bicyclic) bond motifs is 1. The van der Waals surface area contributed by atoms with Crippen LogP contribution >= 0.6 is 11.8 Å². The van der Waals surface area contributed by atoms with Crippen molar-refractivity contribution < 1.29 is 19.4 Å². The molecule has 0 bridgehead atoms. The van der Waals surface area contributed by atoms with Gasteiger partial charge in [0.25, 0.3) is 0 Å². The van der Waals surface area contributed by atoms with E-state index in [1.807, 2.05) is 18.2 Å². The summed E-state index contributed by atoms with van der Waals surface area (Å²) in [5, 5.41) is 9.00. The van der Waals surface area contributed by atoms with Crippen LogP contribution in [0.5, 0.6) is 11.5 Å². The third kappa shape index (κ3) is 1.71. The van der Waals surface area contributed by atoms with Crippen molar-refractivity contribution in [3.05, 3.63) is 18.2 Å². The summed E-state index contributed by atoms with van der Waals surface area (Å²) in [7, 11) is 0. The monoisotopic (exact) mass is 238 g/mol. The molecule has 84 valence electrons. The molecule has 1 saturated carbocycles. The number of aliphatic carboxylic acids is 1. The Morgan fingerprint density at radius 1 is 1.38 bits per heavy atom. The summed E-state index contributed by atoms with van der Waals surface area (Å²) in [5.74, 6) is 0.626. The number of rotatable bonds is 3. The number of carbonyl (C=O) groups is 1. The number of hydrogen-bond acceptors (Lipinski definition) is 4. The van der Waals surface area contributed by atoms with Gasteiger partial charge >= 0.3 is 5.97 Å². The molecule has 0 amide bonds. The van der Waals surface area contributed by atoms with Gasteiger partial charge in [-0.05, 0) is 24.6 Å². The molecule has 1 aliphatic heterocycles. The quantitative estimate of drug-likeness (QED) is 0.872. The Balaban J connectivity index is 1.70. The smallest absolute Gasteiger partial charge is 0.307 e. The second-order valence-corrected chi connectivity index (χ2v) is 5.16. The van der Waals surface area contributed by atoms with E-state index in [2.05, 4.69) is 0 Å². The average Bonchev–Trinajstić information content (AvgIpc) is 2.87. The molecule has 5 heteroatoms. The molecule has 16 heavy (non-hydrogen) atoms. The number of carboxylic acids is 1. The maximum absolute atomic E-state index is 10.7. The highest BCUT2D eigenvalue weighted by atomic mass is 32.2. The zero-order valence-electron chi connectivity index (χ0n) is 8.38. The van der Waals surface area contributed by atoms with E-state index >= 15 is 0 Å². The first-order valence-corrected chi connectivity index (χ1v) is 5.91. The molecular formula is C11H10O4S. The molecule has 0 aromatic heterocycles. The van der Waals surface area contributed by atoms with Gasteiger partial charge < -0.3 is 14.6 Å². The normalized spacial score (nSPS) is 25.5. The third-order valence-corrected chi connectivity index (χ3v) is 4.03. The van der Waals surface area contributed by atoms with E-state index in [1.165, 1.54) is 0 Å². The third-order valence-electron chi connectivity index (χ3n) is 2.68. The molecule has 4 nitrogen and oxygen atoms in total. The van der Waals surface area contributed by atoms with Gasteiger partial charge in [0.15, 0.2) is 11.5 Å². The van der Waals surface area contributed by atoms with Gasteiger partial charge in [0, 0.05) is 10.1 Å². The van der Waals surface area contributed by atoms with Gasteiger partial charge in [-0.15, -0.1) is 11.8 Å². The Morgan fingerprint density at radius 3 is 2.94 bits per heavy atom. The molecule has 0 saturated heterocycles. The predicted molar refractivity (Wildman–Crippen MR) is 58.0 cm³/mol. The topological polar surface area (TPSA) is 55.8 Å². The molecule has 1 aliphatic carbocycles. The van der Waals surface area contributed by atoms with E-state index in [9.17, 15) is 4.79 Å². The summed E-state index contributed by atoms with van der Waals surface area (Å²) in [4.78, 5) is 11.7. The molecule has 3 rings (SSSR count). The lowest BCUT2D eigenvalue weighted by Gasteiger charge is -2.01. The lowest BCUT2D eigenvalue weighted by Crippen LogP contribution is -1.99. The van der Waals surface area contributed by atoms with Crippen LogP contribution in [0.3, 0.4) is 0 Å². The van der Waals surface area contributed by atoms with Gasteiger partial charge in [0.05, 0.1) is 5.92 Å². The molecule has 1 aromatic carbocycles. The highest BCUT2D eigenvalue weighted by Crippen LogP contribution is 2.47. The van der Waals surface area contributed by atoms with Crippen LogP contribution in [0.2, 0.25) is 0 Å². The summed E-state index contributed by atoms with van der Waals surface area (Å²) >= 11 is 1.60. The standard InChI is InChI=1S/C11H10O4S/c12-11(13)7-4-10(7)16-6-1-2-8-9(3-6)15-5-14-8/h1-3,7,10H,4-5H2,(H,12,13). The Hall–Kier alpha value is -1.36. The van der Waals surface area contributed by atoms with E-state index < -0.39 is 5.97 Å². The molecule has 1 fully saturated rings. The Labute approximate surface area is 96.6 Å². The van der Waals surface area contributed by atoms with Gasteiger partial charge in [-0.1, -0.05) is 0 Å². The van der Waals surface area contributed by atoms with Crippen molar-refractivity contribution in [1.29, 1.82) is 0 Å². The lowest BCUT2D eigenvalue weighted by molar-refractivity contribution is -0.138. The fourth-order valence-corrected chi connectivity index (χ4v) is 2.94. The minimum absolute atomic E-state index is 0.185. The van der Waals surface area contributed by atoms with Crippen LogP contribution in [0.4, 0.5) is 0 Å².